The van der Waals surface area contributed by atoms with Gasteiger partial charge in [-0.3, -0.25) is 4.79 Å². The molecule has 0 aliphatic rings. The molecule has 0 fully saturated rings. The Morgan fingerprint density at radius 2 is 1.50 bits per heavy atom. The standard InChI is InChI=1S/C12H15F7O3/c1-3-5-6-7(4-2)8(20)22-9(21)10(13,14)11(15,16)12(17,18)19/h7H,3-6H2,1-2H3. The molecule has 0 saturated carbocycles. The van der Waals surface area contributed by atoms with Gasteiger partial charge in [0.2, 0.25) is 0 Å². The summed E-state index contributed by atoms with van der Waals surface area (Å²) in [5.74, 6) is -18.6. The largest absolute Gasteiger partial charge is 0.460 e. The lowest BCUT2D eigenvalue weighted by atomic mass is 10.00. The lowest BCUT2D eigenvalue weighted by Crippen LogP contribution is -2.57. The molecular weight excluding hydrogens is 325 g/mol. The highest BCUT2D eigenvalue weighted by Crippen LogP contribution is 2.47. The zero-order chi connectivity index (χ0) is 17.8. The molecule has 1 atom stereocenters. The number of alkyl halides is 7. The summed E-state index contributed by atoms with van der Waals surface area (Å²) in [6, 6.07) is 0. The van der Waals surface area contributed by atoms with Crippen molar-refractivity contribution in [3.05, 3.63) is 0 Å². The summed E-state index contributed by atoms with van der Waals surface area (Å²) in [5.41, 5.74) is 0. The summed E-state index contributed by atoms with van der Waals surface area (Å²) in [5, 5.41) is 0. The van der Waals surface area contributed by atoms with Crippen LogP contribution in [0.2, 0.25) is 0 Å². The monoisotopic (exact) mass is 340 g/mol. The molecule has 0 aromatic heterocycles. The Labute approximate surface area is 121 Å². The van der Waals surface area contributed by atoms with Crippen molar-refractivity contribution >= 4 is 11.9 Å². The number of esters is 2. The van der Waals surface area contributed by atoms with Crippen molar-refractivity contribution in [3.8, 4) is 0 Å². The van der Waals surface area contributed by atoms with Crippen LogP contribution in [-0.4, -0.2) is 30.0 Å². The highest BCUT2D eigenvalue weighted by Gasteiger charge is 2.77. The maximum absolute atomic E-state index is 13.0. The number of hydrogen-bond acceptors (Lipinski definition) is 3. The van der Waals surface area contributed by atoms with Crippen LogP contribution >= 0.6 is 0 Å². The molecule has 0 heterocycles. The van der Waals surface area contributed by atoms with Crippen molar-refractivity contribution in [2.75, 3.05) is 0 Å². The second-order valence-corrected chi connectivity index (χ2v) is 4.60. The van der Waals surface area contributed by atoms with Gasteiger partial charge in [0.1, 0.15) is 0 Å². The van der Waals surface area contributed by atoms with Gasteiger partial charge in [-0.15, -0.1) is 0 Å². The number of ether oxygens (including phenoxy) is 1. The third-order valence-corrected chi connectivity index (χ3v) is 2.93. The summed E-state index contributed by atoms with van der Waals surface area (Å²) in [6.45, 7) is 3.20. The fraction of sp³-hybridized carbons (Fsp3) is 0.833. The van der Waals surface area contributed by atoms with Crippen molar-refractivity contribution in [1.82, 2.24) is 0 Å². The summed E-state index contributed by atoms with van der Waals surface area (Å²) in [7, 11) is 0. The highest BCUT2D eigenvalue weighted by atomic mass is 19.4. The average Bonchev–Trinajstić information content (AvgIpc) is 2.37. The number of unbranched alkanes of at least 4 members (excludes halogenated alkanes) is 1. The first-order valence-electron chi connectivity index (χ1n) is 6.41. The van der Waals surface area contributed by atoms with Crippen molar-refractivity contribution in [2.24, 2.45) is 5.92 Å². The van der Waals surface area contributed by atoms with Crippen LogP contribution in [0.15, 0.2) is 0 Å². The predicted octanol–water partition coefficient (Wildman–Crippen LogP) is 4.11. The van der Waals surface area contributed by atoms with Gasteiger partial charge in [-0.05, 0) is 12.8 Å². The Bertz CT molecular complexity index is 404. The minimum atomic E-state index is -6.66. The van der Waals surface area contributed by atoms with E-state index in [1.807, 2.05) is 0 Å². The topological polar surface area (TPSA) is 43.4 Å². The van der Waals surface area contributed by atoms with Crippen LogP contribution in [0, 0.1) is 5.92 Å². The first-order valence-corrected chi connectivity index (χ1v) is 6.41. The van der Waals surface area contributed by atoms with Crippen LogP contribution in [0.5, 0.6) is 0 Å². The van der Waals surface area contributed by atoms with Gasteiger partial charge < -0.3 is 4.74 Å². The zero-order valence-corrected chi connectivity index (χ0v) is 11.8. The molecule has 0 aliphatic heterocycles. The number of halogens is 7. The van der Waals surface area contributed by atoms with E-state index in [0.717, 1.165) is 0 Å². The quantitative estimate of drug-likeness (QED) is 0.398. The molecule has 0 rings (SSSR count). The van der Waals surface area contributed by atoms with Crippen molar-refractivity contribution in [3.63, 3.8) is 0 Å². The predicted molar refractivity (Wildman–Crippen MR) is 60.4 cm³/mol. The third-order valence-electron chi connectivity index (χ3n) is 2.93. The molecule has 3 nitrogen and oxygen atoms in total. The van der Waals surface area contributed by atoms with Crippen LogP contribution in [0.1, 0.15) is 39.5 Å². The second-order valence-electron chi connectivity index (χ2n) is 4.60. The molecule has 0 radical (unpaired) electrons. The summed E-state index contributed by atoms with van der Waals surface area (Å²) < 4.78 is 90.4. The van der Waals surface area contributed by atoms with Gasteiger partial charge in [0.15, 0.2) is 0 Å². The summed E-state index contributed by atoms with van der Waals surface area (Å²) in [4.78, 5) is 22.3. The molecule has 0 bridgehead atoms. The molecule has 0 saturated heterocycles. The number of hydrogen-bond donors (Lipinski definition) is 0. The summed E-state index contributed by atoms with van der Waals surface area (Å²) in [6.07, 6.45) is -5.37. The van der Waals surface area contributed by atoms with E-state index in [1.54, 1.807) is 6.92 Å². The second kappa shape index (κ2) is 7.28. The van der Waals surface area contributed by atoms with Crippen molar-refractivity contribution < 1.29 is 45.1 Å². The Balaban J connectivity index is 5.07. The average molecular weight is 340 g/mol. The minimum absolute atomic E-state index is 0.0628. The summed E-state index contributed by atoms with van der Waals surface area (Å²) >= 11 is 0. The van der Waals surface area contributed by atoms with Gasteiger partial charge >= 0.3 is 30.0 Å². The van der Waals surface area contributed by atoms with Crippen LogP contribution in [0.25, 0.3) is 0 Å². The zero-order valence-electron chi connectivity index (χ0n) is 11.8. The van der Waals surface area contributed by atoms with Crippen LogP contribution < -0.4 is 0 Å². The molecule has 0 aromatic carbocycles. The SMILES string of the molecule is CCCCC(CC)C(=O)OC(=O)C(F)(F)C(F)(F)C(F)(F)F. The molecule has 0 N–H and O–H groups in total. The van der Waals surface area contributed by atoms with Crippen LogP contribution in [-0.2, 0) is 14.3 Å². The lowest BCUT2D eigenvalue weighted by molar-refractivity contribution is -0.347. The maximum Gasteiger partial charge on any atom is 0.460 e. The Hall–Kier alpha value is -1.35. The van der Waals surface area contributed by atoms with Gasteiger partial charge in [-0.2, -0.15) is 30.7 Å². The molecule has 130 valence electrons. The number of rotatable bonds is 7. The van der Waals surface area contributed by atoms with E-state index < -0.39 is 35.9 Å². The van der Waals surface area contributed by atoms with E-state index in [-0.39, 0.29) is 12.8 Å². The maximum atomic E-state index is 13.0. The first kappa shape index (κ1) is 20.6. The van der Waals surface area contributed by atoms with Gasteiger partial charge in [-0.25, -0.2) is 4.79 Å². The lowest BCUT2D eigenvalue weighted by Gasteiger charge is -2.26. The normalized spacial score (nSPS) is 14.6. The third kappa shape index (κ3) is 4.33. The Kier molecular flexibility index (Phi) is 6.83. The van der Waals surface area contributed by atoms with Gasteiger partial charge in [-0.1, -0.05) is 26.7 Å². The van der Waals surface area contributed by atoms with E-state index in [2.05, 4.69) is 4.74 Å². The van der Waals surface area contributed by atoms with E-state index in [0.29, 0.717) is 12.8 Å². The fourth-order valence-corrected chi connectivity index (χ4v) is 1.48. The highest BCUT2D eigenvalue weighted by molar-refractivity contribution is 5.91. The molecular formula is C12H15F7O3. The Morgan fingerprint density at radius 3 is 1.86 bits per heavy atom. The molecule has 0 aromatic rings. The molecule has 0 amide bonds. The molecule has 0 spiro atoms. The number of carbonyl (C=O) groups is 2. The van der Waals surface area contributed by atoms with E-state index in [4.69, 9.17) is 0 Å². The van der Waals surface area contributed by atoms with E-state index in [1.165, 1.54) is 6.92 Å². The van der Waals surface area contributed by atoms with Gasteiger partial charge in [0, 0.05) is 0 Å². The first-order chi connectivity index (χ1) is 9.82. The molecule has 1 unspecified atom stereocenters. The van der Waals surface area contributed by atoms with Crippen molar-refractivity contribution in [2.45, 2.75) is 57.6 Å². The Morgan fingerprint density at radius 1 is 1.00 bits per heavy atom. The smallest absolute Gasteiger partial charge is 0.388 e. The minimum Gasteiger partial charge on any atom is -0.388 e. The van der Waals surface area contributed by atoms with Crippen molar-refractivity contribution in [1.29, 1.82) is 0 Å². The molecule has 0 aliphatic carbocycles. The van der Waals surface area contributed by atoms with E-state index >= 15 is 0 Å². The number of carbonyl (C=O) groups excluding carboxylic acids is 2. The van der Waals surface area contributed by atoms with Crippen LogP contribution in [0.3, 0.4) is 0 Å². The fourth-order valence-electron chi connectivity index (χ4n) is 1.48. The van der Waals surface area contributed by atoms with Crippen LogP contribution in [0.4, 0.5) is 30.7 Å². The van der Waals surface area contributed by atoms with Gasteiger partial charge in [0.05, 0.1) is 5.92 Å². The van der Waals surface area contributed by atoms with Gasteiger partial charge in [0.25, 0.3) is 0 Å². The molecule has 22 heavy (non-hydrogen) atoms. The molecule has 10 heteroatoms. The van der Waals surface area contributed by atoms with E-state index in [9.17, 15) is 40.3 Å².